The van der Waals surface area contributed by atoms with Crippen molar-refractivity contribution in [2.75, 3.05) is 6.54 Å². The van der Waals surface area contributed by atoms with E-state index in [1.165, 1.54) is 18.6 Å². The fourth-order valence-corrected chi connectivity index (χ4v) is 2.07. The van der Waals surface area contributed by atoms with Gasteiger partial charge in [-0.1, -0.05) is 13.3 Å². The first-order chi connectivity index (χ1) is 8.98. The minimum absolute atomic E-state index is 0.126. The van der Waals surface area contributed by atoms with Crippen LogP contribution in [0.3, 0.4) is 0 Å². The molecule has 0 atom stereocenters. The zero-order valence-corrected chi connectivity index (χ0v) is 10.9. The summed E-state index contributed by atoms with van der Waals surface area (Å²) in [5, 5.41) is 14.1. The van der Waals surface area contributed by atoms with E-state index in [0.29, 0.717) is 12.3 Å². The van der Waals surface area contributed by atoms with Crippen molar-refractivity contribution in [2.24, 2.45) is 5.41 Å². The molecule has 0 unspecified atom stereocenters. The van der Waals surface area contributed by atoms with Crippen molar-refractivity contribution < 1.29 is 19.1 Å². The van der Waals surface area contributed by atoms with Crippen LogP contribution in [0.1, 0.15) is 42.5 Å². The quantitative estimate of drug-likeness (QED) is 0.759. The van der Waals surface area contributed by atoms with E-state index in [1.807, 2.05) is 0 Å². The lowest BCUT2D eigenvalue weighted by Crippen LogP contribution is -2.43. The molecule has 1 aromatic heterocycles. The monoisotopic (exact) mass is 266 g/mol. The van der Waals surface area contributed by atoms with Gasteiger partial charge in [0.1, 0.15) is 5.76 Å². The van der Waals surface area contributed by atoms with Crippen LogP contribution in [0.15, 0.2) is 16.5 Å². The van der Waals surface area contributed by atoms with Crippen molar-refractivity contribution in [1.82, 2.24) is 10.6 Å². The molecule has 19 heavy (non-hydrogen) atoms. The van der Waals surface area contributed by atoms with Crippen molar-refractivity contribution in [3.05, 3.63) is 23.7 Å². The number of hydrogen-bond acceptors (Lipinski definition) is 3. The molecular weight excluding hydrogens is 248 g/mol. The molecule has 104 valence electrons. The lowest BCUT2D eigenvalue weighted by molar-refractivity contribution is 0.0660. The highest BCUT2D eigenvalue weighted by molar-refractivity contribution is 5.84. The first-order valence-corrected chi connectivity index (χ1v) is 6.32. The largest absolute Gasteiger partial charge is 0.475 e. The predicted octanol–water partition coefficient (Wildman–Crippen LogP) is 1.97. The van der Waals surface area contributed by atoms with Gasteiger partial charge in [0.25, 0.3) is 0 Å². The number of rotatable bonds is 5. The topological polar surface area (TPSA) is 91.6 Å². The molecule has 0 spiro atoms. The van der Waals surface area contributed by atoms with Crippen LogP contribution in [0.25, 0.3) is 0 Å². The summed E-state index contributed by atoms with van der Waals surface area (Å²) in [6.45, 7) is 3.00. The van der Waals surface area contributed by atoms with E-state index in [1.54, 1.807) is 0 Å². The summed E-state index contributed by atoms with van der Waals surface area (Å²) in [6, 6.07) is 2.64. The van der Waals surface area contributed by atoms with E-state index in [2.05, 4.69) is 17.6 Å². The number of carbonyl (C=O) groups is 2. The zero-order valence-electron chi connectivity index (χ0n) is 10.9. The van der Waals surface area contributed by atoms with Gasteiger partial charge < -0.3 is 20.2 Å². The SMILES string of the molecule is CC1(CNC(=O)NCc2ccc(C(=O)O)o2)CCC1. The second-order valence-electron chi connectivity index (χ2n) is 5.27. The van der Waals surface area contributed by atoms with Gasteiger partial charge in [0.15, 0.2) is 0 Å². The second-order valence-corrected chi connectivity index (χ2v) is 5.27. The summed E-state index contributed by atoms with van der Waals surface area (Å²) in [4.78, 5) is 22.2. The van der Waals surface area contributed by atoms with E-state index in [4.69, 9.17) is 9.52 Å². The Hall–Kier alpha value is -1.98. The Bertz CT molecular complexity index is 477. The van der Waals surface area contributed by atoms with Gasteiger partial charge in [-0.2, -0.15) is 0 Å². The van der Waals surface area contributed by atoms with E-state index in [9.17, 15) is 9.59 Å². The van der Waals surface area contributed by atoms with Crippen molar-refractivity contribution in [1.29, 1.82) is 0 Å². The summed E-state index contributed by atoms with van der Waals surface area (Å²) in [5.74, 6) is -0.824. The minimum atomic E-state index is -1.12. The zero-order chi connectivity index (χ0) is 13.9. The van der Waals surface area contributed by atoms with Gasteiger partial charge in [0.2, 0.25) is 5.76 Å². The van der Waals surface area contributed by atoms with Crippen molar-refractivity contribution >= 4 is 12.0 Å². The maximum Gasteiger partial charge on any atom is 0.371 e. The molecule has 1 aliphatic rings. The molecule has 1 saturated carbocycles. The van der Waals surface area contributed by atoms with Gasteiger partial charge in [-0.05, 0) is 30.4 Å². The van der Waals surface area contributed by atoms with Crippen LogP contribution in [-0.2, 0) is 6.54 Å². The molecule has 0 radical (unpaired) electrons. The number of carboxylic acid groups (broad SMARTS) is 1. The summed E-state index contributed by atoms with van der Waals surface area (Å²) in [5.41, 5.74) is 0.235. The third kappa shape index (κ3) is 3.49. The summed E-state index contributed by atoms with van der Waals surface area (Å²) >= 11 is 0. The number of amides is 2. The van der Waals surface area contributed by atoms with Crippen molar-refractivity contribution in [3.63, 3.8) is 0 Å². The average Bonchev–Trinajstić information content (AvgIpc) is 2.80. The number of carboxylic acids is 1. The van der Waals surface area contributed by atoms with Crippen LogP contribution >= 0.6 is 0 Å². The highest BCUT2D eigenvalue weighted by atomic mass is 16.4. The number of aromatic carboxylic acids is 1. The summed E-state index contributed by atoms with van der Waals surface area (Å²) < 4.78 is 5.03. The Labute approximate surface area is 111 Å². The van der Waals surface area contributed by atoms with E-state index in [0.717, 1.165) is 12.8 Å². The number of urea groups is 1. The fraction of sp³-hybridized carbons (Fsp3) is 0.538. The molecule has 2 rings (SSSR count). The fourth-order valence-electron chi connectivity index (χ4n) is 2.07. The molecule has 6 nitrogen and oxygen atoms in total. The normalized spacial score (nSPS) is 16.5. The lowest BCUT2D eigenvalue weighted by atomic mass is 9.70. The molecule has 0 bridgehead atoms. The summed E-state index contributed by atoms with van der Waals surface area (Å²) in [7, 11) is 0. The minimum Gasteiger partial charge on any atom is -0.475 e. The van der Waals surface area contributed by atoms with Crippen LogP contribution in [0, 0.1) is 5.41 Å². The molecule has 0 aliphatic heterocycles. The molecule has 1 heterocycles. The first-order valence-electron chi connectivity index (χ1n) is 6.32. The molecule has 6 heteroatoms. The van der Waals surface area contributed by atoms with E-state index >= 15 is 0 Å². The predicted molar refractivity (Wildman–Crippen MR) is 67.9 cm³/mol. The Morgan fingerprint density at radius 3 is 2.63 bits per heavy atom. The van der Waals surface area contributed by atoms with Gasteiger partial charge >= 0.3 is 12.0 Å². The number of hydrogen-bond donors (Lipinski definition) is 3. The lowest BCUT2D eigenvalue weighted by Gasteiger charge is -2.38. The van der Waals surface area contributed by atoms with Gasteiger partial charge in [-0.3, -0.25) is 0 Å². The first kappa shape index (κ1) is 13.5. The second kappa shape index (κ2) is 5.34. The van der Waals surface area contributed by atoms with Gasteiger partial charge in [-0.25, -0.2) is 9.59 Å². The molecule has 1 fully saturated rings. The van der Waals surface area contributed by atoms with E-state index in [-0.39, 0.29) is 23.8 Å². The third-order valence-electron chi connectivity index (χ3n) is 3.53. The maximum atomic E-state index is 11.6. The maximum absolute atomic E-state index is 11.6. The molecule has 1 aliphatic carbocycles. The van der Waals surface area contributed by atoms with Crippen LogP contribution in [0.4, 0.5) is 4.79 Å². The van der Waals surface area contributed by atoms with Crippen LogP contribution < -0.4 is 10.6 Å². The van der Waals surface area contributed by atoms with Crippen LogP contribution in [-0.4, -0.2) is 23.7 Å². The molecule has 0 saturated heterocycles. The van der Waals surface area contributed by atoms with Crippen molar-refractivity contribution in [3.8, 4) is 0 Å². The number of nitrogens with one attached hydrogen (secondary N) is 2. The summed E-state index contributed by atoms with van der Waals surface area (Å²) in [6.07, 6.45) is 3.52. The average molecular weight is 266 g/mol. The number of carbonyl (C=O) groups excluding carboxylic acids is 1. The van der Waals surface area contributed by atoms with Crippen LogP contribution in [0.5, 0.6) is 0 Å². The highest BCUT2D eigenvalue weighted by Gasteiger charge is 2.31. The Morgan fingerprint density at radius 2 is 2.11 bits per heavy atom. The number of furan rings is 1. The molecule has 3 N–H and O–H groups in total. The Kier molecular flexibility index (Phi) is 3.78. The van der Waals surface area contributed by atoms with Gasteiger partial charge in [-0.15, -0.1) is 0 Å². The molecular formula is C13H18N2O4. The van der Waals surface area contributed by atoms with Crippen LogP contribution in [0.2, 0.25) is 0 Å². The highest BCUT2D eigenvalue weighted by Crippen LogP contribution is 2.39. The smallest absolute Gasteiger partial charge is 0.371 e. The standard InChI is InChI=1S/C13H18N2O4/c1-13(5-2-6-13)8-15-12(18)14-7-9-3-4-10(19-9)11(16)17/h3-4H,2,5-8H2,1H3,(H,16,17)(H2,14,15,18). The molecule has 1 aromatic rings. The Morgan fingerprint density at radius 1 is 1.37 bits per heavy atom. The third-order valence-corrected chi connectivity index (χ3v) is 3.53. The molecule has 2 amide bonds. The van der Waals surface area contributed by atoms with Gasteiger partial charge in [0.05, 0.1) is 6.54 Å². The Balaban J connectivity index is 1.72. The van der Waals surface area contributed by atoms with Gasteiger partial charge in [0, 0.05) is 6.54 Å². The van der Waals surface area contributed by atoms with Crippen molar-refractivity contribution in [2.45, 2.75) is 32.7 Å². The van der Waals surface area contributed by atoms with E-state index < -0.39 is 5.97 Å². The molecule has 0 aromatic carbocycles.